The van der Waals surface area contributed by atoms with Crippen molar-refractivity contribution >= 4 is 28.5 Å². The van der Waals surface area contributed by atoms with Crippen LogP contribution in [0.4, 0.5) is 11.4 Å². The van der Waals surface area contributed by atoms with E-state index in [2.05, 4.69) is 0 Å². The predicted octanol–water partition coefficient (Wildman–Crippen LogP) is 2.52. The van der Waals surface area contributed by atoms with Gasteiger partial charge in [-0.05, 0) is 17.7 Å². The van der Waals surface area contributed by atoms with Gasteiger partial charge in [0.05, 0.1) is 11.4 Å². The third-order valence-electron chi connectivity index (χ3n) is 3.61. The molecule has 2 aromatic carbocycles. The number of ether oxygens (including phenoxy) is 1. The van der Waals surface area contributed by atoms with Crippen LogP contribution < -0.4 is 9.44 Å². The summed E-state index contributed by atoms with van der Waals surface area (Å²) in [6.07, 6.45) is 0.0869. The highest BCUT2D eigenvalue weighted by molar-refractivity contribution is 7.84. The molecule has 0 saturated heterocycles. The minimum Gasteiger partial charge on any atom is -0.457 e. The maximum absolute atomic E-state index is 12.1. The fourth-order valence-corrected chi connectivity index (χ4v) is 3.50. The Hall–Kier alpha value is -2.18. The van der Waals surface area contributed by atoms with Crippen LogP contribution in [-0.2, 0) is 27.1 Å². The third kappa shape index (κ3) is 2.63. The summed E-state index contributed by atoms with van der Waals surface area (Å²) in [6.45, 7) is 1.39. The van der Waals surface area contributed by atoms with E-state index in [4.69, 9.17) is 9.88 Å². The lowest BCUT2D eigenvalue weighted by atomic mass is 10.0. The molecule has 0 radical (unpaired) electrons. The maximum atomic E-state index is 12.1. The second kappa shape index (κ2) is 5.90. The molecule has 22 heavy (non-hydrogen) atoms. The Morgan fingerprint density at radius 1 is 1.18 bits per heavy atom. The van der Waals surface area contributed by atoms with E-state index >= 15 is 0 Å². The number of hydrogen-bond acceptors (Lipinski definition) is 3. The highest BCUT2D eigenvalue weighted by Gasteiger charge is 2.30. The van der Waals surface area contributed by atoms with E-state index in [-0.39, 0.29) is 5.97 Å². The van der Waals surface area contributed by atoms with E-state index in [9.17, 15) is 9.00 Å². The Morgan fingerprint density at radius 2 is 1.82 bits per heavy atom. The van der Waals surface area contributed by atoms with Gasteiger partial charge in [-0.2, -0.15) is 0 Å². The van der Waals surface area contributed by atoms with Crippen LogP contribution in [0.15, 0.2) is 48.5 Å². The highest BCUT2D eigenvalue weighted by Crippen LogP contribution is 2.41. The molecule has 2 N–H and O–H groups in total. The molecule has 0 saturated carbocycles. The van der Waals surface area contributed by atoms with Crippen LogP contribution in [0.5, 0.6) is 0 Å². The summed E-state index contributed by atoms with van der Waals surface area (Å²) >= 11 is -1.72. The molecule has 1 aliphatic rings. The first-order chi connectivity index (χ1) is 10.6. The number of benzene rings is 2. The highest BCUT2D eigenvalue weighted by atomic mass is 32.2. The van der Waals surface area contributed by atoms with Crippen molar-refractivity contribution in [3.63, 3.8) is 0 Å². The minimum atomic E-state index is -1.72. The molecule has 1 aliphatic heterocycles. The molecule has 2 atom stereocenters. The fraction of sp³-hybridized carbons (Fsp3) is 0.188. The van der Waals surface area contributed by atoms with Gasteiger partial charge in [0.15, 0.2) is 11.2 Å². The normalized spacial score (nSPS) is 17.9. The number of hydrogen-bond donors (Lipinski definition) is 1. The van der Waals surface area contributed by atoms with E-state index in [0.717, 1.165) is 16.8 Å². The molecular formula is C16H16N2O3S. The molecular weight excluding hydrogens is 300 g/mol. The smallest absolute Gasteiger partial charge is 0.303 e. The number of carbonyl (C=O) groups excluding carboxylic acids is 1. The first-order valence-electron chi connectivity index (χ1n) is 6.88. The van der Waals surface area contributed by atoms with Crippen LogP contribution in [0.3, 0.4) is 0 Å². The number of fused-ring (bicyclic) bond motifs is 2. The zero-order valence-electron chi connectivity index (χ0n) is 12.1. The SMILES string of the molecule is CC(=O)O[C@H]1Cc2ccccc2N(S(N)=O)c2ccccc21. The molecule has 3 rings (SSSR count). The van der Waals surface area contributed by atoms with E-state index in [1.54, 1.807) is 4.31 Å². The summed E-state index contributed by atoms with van der Waals surface area (Å²) in [5, 5.41) is 5.70. The maximum Gasteiger partial charge on any atom is 0.303 e. The molecule has 0 aromatic heterocycles. The molecule has 0 spiro atoms. The number of nitrogens with two attached hydrogens (primary N) is 1. The molecule has 5 nitrogen and oxygen atoms in total. The van der Waals surface area contributed by atoms with Crippen molar-refractivity contribution in [3.05, 3.63) is 59.7 Å². The van der Waals surface area contributed by atoms with E-state index in [0.29, 0.717) is 12.1 Å². The average molecular weight is 316 g/mol. The summed E-state index contributed by atoms with van der Waals surface area (Å²) in [7, 11) is 0. The quantitative estimate of drug-likeness (QED) is 0.865. The standard InChI is InChI=1S/C16H16N2O3S/c1-11(19)21-16-10-12-6-2-4-8-14(12)18(22(17)20)15-9-5-3-7-13(15)16/h2-9,16H,10,17H2,1H3/t16-,22?/m0/s1. The molecule has 1 unspecified atom stereocenters. The summed E-state index contributed by atoms with van der Waals surface area (Å²) in [4.78, 5) is 11.4. The second-order valence-electron chi connectivity index (χ2n) is 5.06. The van der Waals surface area contributed by atoms with Gasteiger partial charge in [0.2, 0.25) is 0 Å². The molecule has 0 bridgehead atoms. The van der Waals surface area contributed by atoms with Gasteiger partial charge in [-0.25, -0.2) is 13.7 Å². The van der Waals surface area contributed by atoms with Crippen molar-refractivity contribution in [1.82, 2.24) is 0 Å². The Bertz CT molecular complexity index is 748. The molecule has 0 aliphatic carbocycles. The number of rotatable bonds is 2. The number of carbonyl (C=O) groups is 1. The fourth-order valence-electron chi connectivity index (χ4n) is 2.77. The van der Waals surface area contributed by atoms with E-state index in [1.807, 2.05) is 48.5 Å². The average Bonchev–Trinajstić information content (AvgIpc) is 2.61. The molecule has 0 amide bonds. The van der Waals surface area contributed by atoms with Crippen molar-refractivity contribution in [2.24, 2.45) is 5.14 Å². The number of esters is 1. The Balaban J connectivity index is 2.23. The number of nitrogens with zero attached hydrogens (tertiary/aromatic N) is 1. The van der Waals surface area contributed by atoms with Crippen LogP contribution in [0.2, 0.25) is 0 Å². The monoisotopic (exact) mass is 316 g/mol. The molecule has 114 valence electrons. The van der Waals surface area contributed by atoms with E-state index in [1.165, 1.54) is 6.92 Å². The van der Waals surface area contributed by atoms with Gasteiger partial charge >= 0.3 is 5.97 Å². The Labute approximate surface area is 131 Å². The number of para-hydroxylation sites is 2. The van der Waals surface area contributed by atoms with Gasteiger partial charge in [-0.1, -0.05) is 36.4 Å². The van der Waals surface area contributed by atoms with Crippen LogP contribution in [0, 0.1) is 0 Å². The van der Waals surface area contributed by atoms with E-state index < -0.39 is 17.3 Å². The second-order valence-corrected chi connectivity index (χ2v) is 5.98. The van der Waals surface area contributed by atoms with Crippen molar-refractivity contribution < 1.29 is 13.7 Å². The summed E-state index contributed by atoms with van der Waals surface area (Å²) in [5.74, 6) is -0.348. The Kier molecular flexibility index (Phi) is 3.96. The van der Waals surface area contributed by atoms with Gasteiger partial charge in [-0.15, -0.1) is 0 Å². The lowest BCUT2D eigenvalue weighted by molar-refractivity contribution is -0.146. The van der Waals surface area contributed by atoms with Gasteiger partial charge in [-0.3, -0.25) is 4.79 Å². The summed E-state index contributed by atoms with van der Waals surface area (Å²) < 4.78 is 19.2. The first-order valence-corrected chi connectivity index (χ1v) is 8.05. The minimum absolute atomic E-state index is 0.348. The van der Waals surface area contributed by atoms with Crippen molar-refractivity contribution in [2.45, 2.75) is 19.4 Å². The molecule has 1 heterocycles. The van der Waals surface area contributed by atoms with Crippen LogP contribution in [-0.4, -0.2) is 10.2 Å². The van der Waals surface area contributed by atoms with Crippen molar-refractivity contribution in [3.8, 4) is 0 Å². The summed E-state index contributed by atoms with van der Waals surface area (Å²) in [6, 6.07) is 15.0. The zero-order chi connectivity index (χ0) is 15.7. The lowest BCUT2D eigenvalue weighted by Crippen LogP contribution is -2.27. The van der Waals surface area contributed by atoms with Crippen molar-refractivity contribution in [2.75, 3.05) is 4.31 Å². The molecule has 0 fully saturated rings. The van der Waals surface area contributed by atoms with Gasteiger partial charge in [0.1, 0.15) is 6.10 Å². The topological polar surface area (TPSA) is 72.6 Å². The Morgan fingerprint density at radius 3 is 2.50 bits per heavy atom. The zero-order valence-corrected chi connectivity index (χ0v) is 12.9. The predicted molar refractivity (Wildman–Crippen MR) is 85.6 cm³/mol. The largest absolute Gasteiger partial charge is 0.457 e. The van der Waals surface area contributed by atoms with Gasteiger partial charge < -0.3 is 4.74 Å². The van der Waals surface area contributed by atoms with Crippen LogP contribution in [0.25, 0.3) is 0 Å². The van der Waals surface area contributed by atoms with Crippen LogP contribution >= 0.6 is 0 Å². The lowest BCUT2D eigenvalue weighted by Gasteiger charge is -2.23. The summed E-state index contributed by atoms with van der Waals surface area (Å²) in [5.41, 5.74) is 3.20. The number of anilines is 2. The van der Waals surface area contributed by atoms with Crippen molar-refractivity contribution in [1.29, 1.82) is 0 Å². The molecule has 2 aromatic rings. The van der Waals surface area contributed by atoms with Crippen LogP contribution in [0.1, 0.15) is 24.2 Å². The molecule has 6 heteroatoms. The first kappa shape index (κ1) is 14.7. The third-order valence-corrected chi connectivity index (χ3v) is 4.36. The van der Waals surface area contributed by atoms with Gasteiger partial charge in [0, 0.05) is 18.9 Å². The van der Waals surface area contributed by atoms with Gasteiger partial charge in [0.25, 0.3) is 0 Å².